The van der Waals surface area contributed by atoms with Crippen molar-refractivity contribution in [2.45, 2.75) is 18.2 Å². The molecule has 1 aromatic heterocycles. The van der Waals surface area contributed by atoms with Gasteiger partial charge in [-0.2, -0.15) is 0 Å². The Labute approximate surface area is 130 Å². The largest absolute Gasteiger partial charge is 0.352 e. The monoisotopic (exact) mass is 356 g/mol. The third-order valence-corrected chi connectivity index (χ3v) is 4.48. The first-order valence-electron chi connectivity index (χ1n) is 5.74. The standard InChI is InChI=1S/C13H13BrN2OS2/c1-8-7-19-12(16-8)4-5-15-13(17)10-6-9(18)2-3-11(10)14/h2-3,6-7,18H,4-5H2,1H3,(H,15,17). The van der Waals surface area contributed by atoms with Crippen LogP contribution < -0.4 is 5.32 Å². The molecule has 0 spiro atoms. The van der Waals surface area contributed by atoms with Crippen LogP contribution in [0.15, 0.2) is 32.9 Å². The van der Waals surface area contributed by atoms with E-state index in [-0.39, 0.29) is 5.91 Å². The van der Waals surface area contributed by atoms with Gasteiger partial charge in [-0.25, -0.2) is 4.98 Å². The topological polar surface area (TPSA) is 42.0 Å². The number of halogens is 1. The van der Waals surface area contributed by atoms with Gasteiger partial charge in [-0.15, -0.1) is 24.0 Å². The summed E-state index contributed by atoms with van der Waals surface area (Å²) in [5.74, 6) is -0.101. The number of hydrogen-bond donors (Lipinski definition) is 2. The summed E-state index contributed by atoms with van der Waals surface area (Å²) in [6.45, 7) is 2.54. The van der Waals surface area contributed by atoms with E-state index in [0.29, 0.717) is 12.1 Å². The second-order valence-corrected chi connectivity index (χ2v) is 6.37. The lowest BCUT2D eigenvalue weighted by Gasteiger charge is -2.06. The molecule has 6 heteroatoms. The van der Waals surface area contributed by atoms with E-state index in [4.69, 9.17) is 0 Å². The lowest BCUT2D eigenvalue weighted by Crippen LogP contribution is -2.26. The number of amides is 1. The molecule has 0 atom stereocenters. The van der Waals surface area contributed by atoms with Crippen LogP contribution >= 0.6 is 39.9 Å². The molecule has 0 radical (unpaired) electrons. The van der Waals surface area contributed by atoms with Crippen molar-refractivity contribution in [2.24, 2.45) is 0 Å². The number of aromatic nitrogens is 1. The van der Waals surface area contributed by atoms with Crippen LogP contribution in [-0.2, 0) is 6.42 Å². The van der Waals surface area contributed by atoms with Crippen LogP contribution in [0, 0.1) is 6.92 Å². The smallest absolute Gasteiger partial charge is 0.252 e. The minimum Gasteiger partial charge on any atom is -0.352 e. The first-order valence-corrected chi connectivity index (χ1v) is 7.86. The van der Waals surface area contributed by atoms with Gasteiger partial charge in [-0.3, -0.25) is 4.79 Å². The molecular formula is C13H13BrN2OS2. The second kappa shape index (κ2) is 6.54. The first-order chi connectivity index (χ1) is 9.06. The van der Waals surface area contributed by atoms with Crippen molar-refractivity contribution in [3.63, 3.8) is 0 Å². The van der Waals surface area contributed by atoms with Crippen LogP contribution in [0.4, 0.5) is 0 Å². The van der Waals surface area contributed by atoms with Gasteiger partial charge in [0.25, 0.3) is 5.91 Å². The fourth-order valence-electron chi connectivity index (χ4n) is 1.58. The molecule has 0 saturated carbocycles. The number of hydrogen-bond acceptors (Lipinski definition) is 4. The highest BCUT2D eigenvalue weighted by Gasteiger charge is 2.10. The zero-order chi connectivity index (χ0) is 13.8. The van der Waals surface area contributed by atoms with E-state index in [2.05, 4.69) is 38.9 Å². The van der Waals surface area contributed by atoms with Crippen LogP contribution in [0.3, 0.4) is 0 Å². The van der Waals surface area contributed by atoms with E-state index in [1.54, 1.807) is 17.4 Å². The molecular weight excluding hydrogens is 344 g/mol. The Balaban J connectivity index is 1.92. The number of aryl methyl sites for hydroxylation is 1. The highest BCUT2D eigenvalue weighted by Crippen LogP contribution is 2.20. The van der Waals surface area contributed by atoms with E-state index >= 15 is 0 Å². The number of nitrogens with one attached hydrogen (secondary N) is 1. The third kappa shape index (κ3) is 4.06. The van der Waals surface area contributed by atoms with Crippen LogP contribution in [0.1, 0.15) is 21.1 Å². The average Bonchev–Trinajstić information content (AvgIpc) is 2.78. The lowest BCUT2D eigenvalue weighted by atomic mass is 10.2. The maximum absolute atomic E-state index is 12.0. The summed E-state index contributed by atoms with van der Waals surface area (Å²) in [7, 11) is 0. The third-order valence-electron chi connectivity index (χ3n) is 2.49. The molecule has 0 saturated heterocycles. The van der Waals surface area contributed by atoms with Gasteiger partial charge >= 0.3 is 0 Å². The molecule has 19 heavy (non-hydrogen) atoms. The van der Waals surface area contributed by atoms with Crippen molar-refractivity contribution < 1.29 is 4.79 Å². The molecule has 0 aliphatic carbocycles. The molecule has 0 fully saturated rings. The highest BCUT2D eigenvalue weighted by molar-refractivity contribution is 9.10. The van der Waals surface area contributed by atoms with Crippen LogP contribution in [0.5, 0.6) is 0 Å². The molecule has 1 N–H and O–H groups in total. The number of thiazole rings is 1. The SMILES string of the molecule is Cc1csc(CCNC(=O)c2cc(S)ccc2Br)n1. The molecule has 0 bridgehead atoms. The van der Waals surface area contributed by atoms with Gasteiger partial charge < -0.3 is 5.32 Å². The molecule has 0 unspecified atom stereocenters. The Bertz CT molecular complexity index is 598. The Kier molecular flexibility index (Phi) is 5.01. The zero-order valence-corrected chi connectivity index (χ0v) is 13.6. The Morgan fingerprint density at radius 2 is 2.32 bits per heavy atom. The maximum Gasteiger partial charge on any atom is 0.252 e. The van der Waals surface area contributed by atoms with Gasteiger partial charge in [0.15, 0.2) is 0 Å². The summed E-state index contributed by atoms with van der Waals surface area (Å²) in [4.78, 5) is 17.1. The molecule has 1 amide bonds. The van der Waals surface area contributed by atoms with E-state index in [1.807, 2.05) is 24.4 Å². The van der Waals surface area contributed by atoms with Crippen molar-refractivity contribution in [3.05, 3.63) is 44.3 Å². The van der Waals surface area contributed by atoms with E-state index in [9.17, 15) is 4.79 Å². The number of carbonyl (C=O) groups is 1. The Morgan fingerprint density at radius 3 is 3.00 bits per heavy atom. The molecule has 2 rings (SSSR count). The van der Waals surface area contributed by atoms with E-state index in [0.717, 1.165) is 26.5 Å². The van der Waals surface area contributed by atoms with E-state index in [1.165, 1.54) is 0 Å². The van der Waals surface area contributed by atoms with Crippen LogP contribution in [0.2, 0.25) is 0 Å². The molecule has 100 valence electrons. The van der Waals surface area contributed by atoms with Crippen LogP contribution in [-0.4, -0.2) is 17.4 Å². The average molecular weight is 357 g/mol. The Hall–Kier alpha value is -0.850. The summed E-state index contributed by atoms with van der Waals surface area (Å²) in [5.41, 5.74) is 1.62. The molecule has 0 aliphatic heterocycles. The zero-order valence-electron chi connectivity index (χ0n) is 10.3. The minimum atomic E-state index is -0.101. The number of rotatable bonds is 4. The molecule has 1 aromatic carbocycles. The van der Waals surface area contributed by atoms with Crippen molar-refractivity contribution in [1.82, 2.24) is 10.3 Å². The van der Waals surface area contributed by atoms with Crippen molar-refractivity contribution in [1.29, 1.82) is 0 Å². The summed E-state index contributed by atoms with van der Waals surface area (Å²) in [5, 5.41) is 5.94. The molecule has 2 aromatic rings. The fourth-order valence-corrected chi connectivity index (χ4v) is 2.99. The van der Waals surface area contributed by atoms with Gasteiger partial charge in [-0.1, -0.05) is 0 Å². The highest BCUT2D eigenvalue weighted by atomic mass is 79.9. The van der Waals surface area contributed by atoms with Crippen molar-refractivity contribution in [2.75, 3.05) is 6.54 Å². The van der Waals surface area contributed by atoms with Gasteiger partial charge in [0.05, 0.1) is 10.6 Å². The molecule has 1 heterocycles. The number of benzene rings is 1. The summed E-state index contributed by atoms with van der Waals surface area (Å²) < 4.78 is 0.771. The predicted molar refractivity (Wildman–Crippen MR) is 84.3 cm³/mol. The number of nitrogens with zero attached hydrogens (tertiary/aromatic N) is 1. The predicted octanol–water partition coefficient (Wildman–Crippen LogP) is 3.48. The van der Waals surface area contributed by atoms with Crippen molar-refractivity contribution in [3.8, 4) is 0 Å². The van der Waals surface area contributed by atoms with Gasteiger partial charge in [0.2, 0.25) is 0 Å². The summed E-state index contributed by atoms with van der Waals surface area (Å²) >= 11 is 9.22. The Morgan fingerprint density at radius 1 is 1.53 bits per heavy atom. The van der Waals surface area contributed by atoms with Crippen LogP contribution in [0.25, 0.3) is 0 Å². The number of carbonyl (C=O) groups excluding carboxylic acids is 1. The number of thiol groups is 1. The maximum atomic E-state index is 12.0. The normalized spacial score (nSPS) is 10.5. The summed E-state index contributed by atoms with van der Waals surface area (Å²) in [6.07, 6.45) is 0.752. The second-order valence-electron chi connectivity index (χ2n) is 4.05. The quantitative estimate of drug-likeness (QED) is 0.823. The first kappa shape index (κ1) is 14.6. The van der Waals surface area contributed by atoms with Gasteiger partial charge in [0, 0.05) is 33.4 Å². The van der Waals surface area contributed by atoms with Gasteiger partial charge in [0.1, 0.15) is 0 Å². The lowest BCUT2D eigenvalue weighted by molar-refractivity contribution is 0.0953. The van der Waals surface area contributed by atoms with E-state index < -0.39 is 0 Å². The molecule has 0 aliphatic rings. The summed E-state index contributed by atoms with van der Waals surface area (Å²) in [6, 6.07) is 5.40. The van der Waals surface area contributed by atoms with Gasteiger partial charge in [-0.05, 0) is 41.1 Å². The fraction of sp³-hybridized carbons (Fsp3) is 0.231. The van der Waals surface area contributed by atoms with Crippen molar-refractivity contribution >= 4 is 45.8 Å². The molecule has 3 nitrogen and oxygen atoms in total. The minimum absolute atomic E-state index is 0.101.